The predicted molar refractivity (Wildman–Crippen MR) is 105 cm³/mol. The maximum atomic E-state index is 12.7. The minimum absolute atomic E-state index is 0.314. The van der Waals surface area contributed by atoms with Crippen molar-refractivity contribution in [3.8, 4) is 11.5 Å². The Morgan fingerprint density at radius 3 is 2.59 bits per heavy atom. The smallest absolute Gasteiger partial charge is 0.348 e. The summed E-state index contributed by atoms with van der Waals surface area (Å²) >= 11 is 1.36. The first-order valence-electron chi connectivity index (χ1n) is 8.30. The highest BCUT2D eigenvalue weighted by atomic mass is 32.1. The van der Waals surface area contributed by atoms with Crippen LogP contribution in [0.5, 0.6) is 11.5 Å². The molecule has 1 N–H and O–H groups in total. The molecule has 0 unspecified atom stereocenters. The van der Waals surface area contributed by atoms with E-state index in [2.05, 4.69) is 5.32 Å². The summed E-state index contributed by atoms with van der Waals surface area (Å²) in [5.41, 5.74) is 0.986. The maximum Gasteiger partial charge on any atom is 0.348 e. The second-order valence-corrected chi connectivity index (χ2v) is 6.66. The minimum atomic E-state index is -0.342. The summed E-state index contributed by atoms with van der Waals surface area (Å²) in [5.74, 6) is 0.201. The summed E-state index contributed by atoms with van der Waals surface area (Å²) in [6.45, 7) is 2.10. The molecule has 0 spiro atoms. The maximum absolute atomic E-state index is 12.7. The second-order valence-electron chi connectivity index (χ2n) is 5.58. The highest BCUT2D eigenvalue weighted by molar-refractivity contribution is 7.20. The number of esters is 1. The Labute approximate surface area is 160 Å². The molecule has 0 aliphatic rings. The molecule has 27 heavy (non-hydrogen) atoms. The van der Waals surface area contributed by atoms with Gasteiger partial charge in [-0.05, 0) is 48.7 Å². The van der Waals surface area contributed by atoms with Crippen molar-refractivity contribution in [2.75, 3.05) is 26.1 Å². The topological polar surface area (TPSA) is 73.9 Å². The van der Waals surface area contributed by atoms with Crippen molar-refractivity contribution in [3.63, 3.8) is 0 Å². The third-order valence-electron chi connectivity index (χ3n) is 3.90. The average Bonchev–Trinajstić information content (AvgIpc) is 3.10. The summed E-state index contributed by atoms with van der Waals surface area (Å²) < 4.78 is 16.5. The molecule has 0 atom stereocenters. The number of hydrogen-bond donors (Lipinski definition) is 1. The quantitative estimate of drug-likeness (QED) is 0.639. The first kappa shape index (κ1) is 18.7. The summed E-state index contributed by atoms with van der Waals surface area (Å²) in [6.07, 6.45) is 0. The van der Waals surface area contributed by atoms with Gasteiger partial charge in [-0.2, -0.15) is 0 Å². The number of hydrogen-bond acceptors (Lipinski definition) is 6. The van der Waals surface area contributed by atoms with E-state index < -0.39 is 0 Å². The first-order chi connectivity index (χ1) is 13.1. The van der Waals surface area contributed by atoms with Crippen molar-refractivity contribution >= 4 is 39.0 Å². The SMILES string of the molecule is CCOC(=O)c1cc2cc(NC(=O)c3cccc(OC)c3OC)ccc2s1. The summed E-state index contributed by atoms with van der Waals surface area (Å²) in [7, 11) is 3.01. The molecule has 0 saturated carbocycles. The van der Waals surface area contributed by atoms with Crippen LogP contribution in [-0.2, 0) is 4.74 Å². The van der Waals surface area contributed by atoms with Crippen LogP contribution in [0, 0.1) is 0 Å². The number of nitrogens with one attached hydrogen (secondary N) is 1. The van der Waals surface area contributed by atoms with Crippen LogP contribution in [0.25, 0.3) is 10.1 Å². The van der Waals surface area contributed by atoms with Crippen LogP contribution >= 0.6 is 11.3 Å². The van der Waals surface area contributed by atoms with Gasteiger partial charge >= 0.3 is 5.97 Å². The number of thiophene rings is 1. The standard InChI is InChI=1S/C20H19NO5S/c1-4-26-20(23)17-11-12-10-13(8-9-16(12)27-17)21-19(22)14-6-5-7-15(24-2)18(14)25-3/h5-11H,4H2,1-3H3,(H,21,22). The van der Waals surface area contributed by atoms with Crippen molar-refractivity contribution < 1.29 is 23.8 Å². The van der Waals surface area contributed by atoms with Gasteiger partial charge in [0.1, 0.15) is 4.88 Å². The molecular formula is C20H19NO5S. The van der Waals surface area contributed by atoms with Gasteiger partial charge in [0.2, 0.25) is 0 Å². The lowest BCUT2D eigenvalue weighted by atomic mass is 10.1. The molecule has 1 amide bonds. The van der Waals surface area contributed by atoms with Crippen LogP contribution in [0.2, 0.25) is 0 Å². The number of fused-ring (bicyclic) bond motifs is 1. The molecule has 3 rings (SSSR count). The molecule has 0 saturated heterocycles. The fraction of sp³-hybridized carbons (Fsp3) is 0.200. The van der Waals surface area contributed by atoms with Gasteiger partial charge in [0.15, 0.2) is 11.5 Å². The monoisotopic (exact) mass is 385 g/mol. The number of benzene rings is 2. The highest BCUT2D eigenvalue weighted by Crippen LogP contribution is 2.32. The van der Waals surface area contributed by atoms with E-state index in [9.17, 15) is 9.59 Å². The molecule has 0 fully saturated rings. The Morgan fingerprint density at radius 1 is 1.07 bits per heavy atom. The molecule has 0 aliphatic heterocycles. The fourth-order valence-electron chi connectivity index (χ4n) is 2.69. The van der Waals surface area contributed by atoms with E-state index in [1.807, 2.05) is 12.1 Å². The van der Waals surface area contributed by atoms with Gasteiger partial charge in [-0.1, -0.05) is 6.07 Å². The first-order valence-corrected chi connectivity index (χ1v) is 9.12. The molecule has 140 valence electrons. The zero-order valence-electron chi connectivity index (χ0n) is 15.2. The van der Waals surface area contributed by atoms with E-state index in [-0.39, 0.29) is 11.9 Å². The van der Waals surface area contributed by atoms with E-state index in [1.165, 1.54) is 25.6 Å². The average molecular weight is 385 g/mol. The van der Waals surface area contributed by atoms with Crippen molar-refractivity contribution in [1.29, 1.82) is 0 Å². The van der Waals surface area contributed by atoms with Crippen LogP contribution in [0.3, 0.4) is 0 Å². The van der Waals surface area contributed by atoms with Gasteiger partial charge in [0.25, 0.3) is 5.91 Å². The van der Waals surface area contributed by atoms with Crippen LogP contribution in [-0.4, -0.2) is 32.7 Å². The lowest BCUT2D eigenvalue weighted by molar-refractivity contribution is 0.0532. The highest BCUT2D eigenvalue weighted by Gasteiger charge is 2.17. The predicted octanol–water partition coefficient (Wildman–Crippen LogP) is 4.35. The van der Waals surface area contributed by atoms with E-state index in [4.69, 9.17) is 14.2 Å². The largest absolute Gasteiger partial charge is 0.493 e. The van der Waals surface area contributed by atoms with Gasteiger partial charge in [0, 0.05) is 10.4 Å². The lowest BCUT2D eigenvalue weighted by Crippen LogP contribution is -2.13. The Balaban J connectivity index is 1.86. The van der Waals surface area contributed by atoms with Crippen LogP contribution in [0.1, 0.15) is 27.0 Å². The zero-order valence-corrected chi connectivity index (χ0v) is 16.0. The molecule has 6 nitrogen and oxygen atoms in total. The Hall–Kier alpha value is -3.06. The normalized spacial score (nSPS) is 10.5. The molecular weight excluding hydrogens is 366 g/mol. The number of para-hydroxylation sites is 1. The Kier molecular flexibility index (Phi) is 5.61. The van der Waals surface area contributed by atoms with Gasteiger partial charge in [-0.25, -0.2) is 4.79 Å². The molecule has 0 radical (unpaired) electrons. The number of ether oxygens (including phenoxy) is 3. The van der Waals surface area contributed by atoms with Crippen molar-refractivity contribution in [2.24, 2.45) is 0 Å². The van der Waals surface area contributed by atoms with Crippen LogP contribution < -0.4 is 14.8 Å². The lowest BCUT2D eigenvalue weighted by Gasteiger charge is -2.12. The number of carbonyl (C=O) groups is 2. The molecule has 1 heterocycles. The second kappa shape index (κ2) is 8.09. The Morgan fingerprint density at radius 2 is 1.89 bits per heavy atom. The van der Waals surface area contributed by atoms with Crippen molar-refractivity contribution in [1.82, 2.24) is 0 Å². The zero-order chi connectivity index (χ0) is 19.4. The van der Waals surface area contributed by atoms with Crippen LogP contribution in [0.4, 0.5) is 5.69 Å². The fourth-order valence-corrected chi connectivity index (χ4v) is 3.63. The van der Waals surface area contributed by atoms with Crippen molar-refractivity contribution in [2.45, 2.75) is 6.92 Å². The molecule has 0 aliphatic carbocycles. The Bertz CT molecular complexity index is 995. The third kappa shape index (κ3) is 3.88. The summed E-state index contributed by atoms with van der Waals surface area (Å²) in [5, 5.41) is 3.71. The van der Waals surface area contributed by atoms with Gasteiger partial charge in [-0.3, -0.25) is 4.79 Å². The van der Waals surface area contributed by atoms with Gasteiger partial charge in [0.05, 0.1) is 26.4 Å². The third-order valence-corrected chi connectivity index (χ3v) is 4.99. The molecule has 7 heteroatoms. The number of methoxy groups -OCH3 is 2. The number of anilines is 1. The van der Waals surface area contributed by atoms with E-state index in [1.54, 1.807) is 37.3 Å². The van der Waals surface area contributed by atoms with Gasteiger partial charge < -0.3 is 19.5 Å². The number of amides is 1. The molecule has 0 bridgehead atoms. The van der Waals surface area contributed by atoms with E-state index in [0.717, 1.165) is 10.1 Å². The summed E-state index contributed by atoms with van der Waals surface area (Å²) in [6, 6.07) is 12.4. The van der Waals surface area contributed by atoms with E-state index >= 15 is 0 Å². The van der Waals surface area contributed by atoms with Gasteiger partial charge in [-0.15, -0.1) is 11.3 Å². The number of rotatable bonds is 6. The molecule has 1 aromatic heterocycles. The molecule has 3 aromatic rings. The van der Waals surface area contributed by atoms with E-state index in [0.29, 0.717) is 34.2 Å². The van der Waals surface area contributed by atoms with Crippen LogP contribution in [0.15, 0.2) is 42.5 Å². The number of carbonyl (C=O) groups excluding carboxylic acids is 2. The molecule has 2 aromatic carbocycles. The summed E-state index contributed by atoms with van der Waals surface area (Å²) in [4.78, 5) is 25.1. The van der Waals surface area contributed by atoms with Crippen molar-refractivity contribution in [3.05, 3.63) is 52.9 Å². The minimum Gasteiger partial charge on any atom is -0.493 e.